The average molecular weight is 384 g/mol. The van der Waals surface area contributed by atoms with E-state index in [1.54, 1.807) is 29.4 Å². The zero-order chi connectivity index (χ0) is 19.0. The number of hydrogen-bond acceptors (Lipinski definition) is 6. The van der Waals surface area contributed by atoms with E-state index >= 15 is 0 Å². The van der Waals surface area contributed by atoms with Gasteiger partial charge in [-0.05, 0) is 25.0 Å². The van der Waals surface area contributed by atoms with E-state index in [1.165, 1.54) is 9.95 Å². The molecule has 27 heavy (non-hydrogen) atoms. The quantitative estimate of drug-likeness (QED) is 0.736. The minimum absolute atomic E-state index is 0.0364. The summed E-state index contributed by atoms with van der Waals surface area (Å²) in [5.74, 6) is -1.05. The Morgan fingerprint density at radius 3 is 2.70 bits per heavy atom. The van der Waals surface area contributed by atoms with Gasteiger partial charge < -0.3 is 10.0 Å². The summed E-state index contributed by atoms with van der Waals surface area (Å²) in [4.78, 5) is 47.9. The maximum Gasteiger partial charge on any atom is 0.337 e. The molecular weight excluding hydrogens is 368 g/mol. The second kappa shape index (κ2) is 6.92. The molecule has 1 fully saturated rings. The number of amides is 1. The summed E-state index contributed by atoms with van der Waals surface area (Å²) in [5.41, 5.74) is -0.0198. The molecule has 0 saturated carbocycles. The topological polar surface area (TPSA) is 105 Å². The van der Waals surface area contributed by atoms with Gasteiger partial charge in [0, 0.05) is 36.4 Å². The highest BCUT2D eigenvalue weighted by atomic mass is 32.1. The number of nitrogens with zero attached hydrogens (tertiary/aromatic N) is 4. The zero-order valence-electron chi connectivity index (χ0n) is 14.3. The summed E-state index contributed by atoms with van der Waals surface area (Å²) >= 11 is 1.10. The summed E-state index contributed by atoms with van der Waals surface area (Å²) in [6.07, 6.45) is 5.06. The van der Waals surface area contributed by atoms with E-state index in [4.69, 9.17) is 0 Å². The molecule has 3 aromatic rings. The standard InChI is InChI=1S/C18H16N4O4S/c23-13(21-6-1-2-7-21)9-22-15(11-4-3-5-19-8-11)20-16-14(17(22)24)12(10-27-16)18(25)26/h3-5,8,10H,1-2,6-7,9H2,(H,25,26). The van der Waals surface area contributed by atoms with Gasteiger partial charge in [-0.3, -0.25) is 19.1 Å². The molecule has 0 radical (unpaired) electrons. The summed E-state index contributed by atoms with van der Waals surface area (Å²) in [6, 6.07) is 3.47. The van der Waals surface area contributed by atoms with Crippen LogP contribution in [0.5, 0.6) is 0 Å². The molecule has 1 saturated heterocycles. The molecule has 1 aliphatic rings. The Bertz CT molecular complexity index is 1080. The van der Waals surface area contributed by atoms with Gasteiger partial charge in [0.15, 0.2) is 0 Å². The molecule has 0 aliphatic carbocycles. The third kappa shape index (κ3) is 3.10. The number of aromatic nitrogens is 3. The number of rotatable bonds is 4. The molecule has 0 aromatic carbocycles. The molecule has 0 unspecified atom stereocenters. The number of likely N-dealkylation sites (tertiary alicyclic amines) is 1. The lowest BCUT2D eigenvalue weighted by atomic mass is 10.2. The summed E-state index contributed by atoms with van der Waals surface area (Å²) in [6.45, 7) is 1.16. The molecule has 4 heterocycles. The SMILES string of the molecule is O=C(O)c1csc2nc(-c3cccnc3)n(CC(=O)N3CCCC3)c(=O)c12. The highest BCUT2D eigenvalue weighted by Gasteiger charge is 2.24. The van der Waals surface area contributed by atoms with Crippen molar-refractivity contribution in [3.8, 4) is 11.4 Å². The Balaban J connectivity index is 1.90. The molecular formula is C18H16N4O4S. The Morgan fingerprint density at radius 2 is 2.04 bits per heavy atom. The number of thiophene rings is 1. The van der Waals surface area contributed by atoms with Crippen molar-refractivity contribution in [2.75, 3.05) is 13.1 Å². The molecule has 4 rings (SSSR count). The lowest BCUT2D eigenvalue weighted by molar-refractivity contribution is -0.130. The van der Waals surface area contributed by atoms with Crippen LogP contribution in [0.1, 0.15) is 23.2 Å². The first-order chi connectivity index (χ1) is 13.1. The number of fused-ring (bicyclic) bond motifs is 1. The van der Waals surface area contributed by atoms with Crippen molar-refractivity contribution in [1.29, 1.82) is 0 Å². The van der Waals surface area contributed by atoms with E-state index in [9.17, 15) is 19.5 Å². The average Bonchev–Trinajstić information content (AvgIpc) is 3.34. The number of hydrogen-bond donors (Lipinski definition) is 1. The normalized spacial score (nSPS) is 14.0. The number of carboxylic acid groups (broad SMARTS) is 1. The number of aromatic carboxylic acids is 1. The van der Waals surface area contributed by atoms with Gasteiger partial charge >= 0.3 is 5.97 Å². The molecule has 9 heteroatoms. The molecule has 8 nitrogen and oxygen atoms in total. The third-order valence-corrected chi connectivity index (χ3v) is 5.47. The van der Waals surface area contributed by atoms with Gasteiger partial charge in [-0.25, -0.2) is 9.78 Å². The number of pyridine rings is 1. The Hall–Kier alpha value is -3.07. The van der Waals surface area contributed by atoms with E-state index in [0.29, 0.717) is 29.3 Å². The molecule has 1 amide bonds. The Kier molecular flexibility index (Phi) is 4.44. The lowest BCUT2D eigenvalue weighted by Gasteiger charge is -2.18. The summed E-state index contributed by atoms with van der Waals surface area (Å²) < 4.78 is 1.26. The fraction of sp³-hybridized carbons (Fsp3) is 0.278. The smallest absolute Gasteiger partial charge is 0.337 e. The van der Waals surface area contributed by atoms with Crippen LogP contribution in [0.4, 0.5) is 0 Å². The number of carbonyl (C=O) groups is 2. The van der Waals surface area contributed by atoms with Crippen LogP contribution in [0, 0.1) is 0 Å². The van der Waals surface area contributed by atoms with Crippen LogP contribution in [0.3, 0.4) is 0 Å². The predicted octanol–water partition coefficient (Wildman–Crippen LogP) is 1.84. The second-order valence-electron chi connectivity index (χ2n) is 6.29. The van der Waals surface area contributed by atoms with Crippen molar-refractivity contribution < 1.29 is 14.7 Å². The molecule has 138 valence electrons. The van der Waals surface area contributed by atoms with Crippen LogP contribution >= 0.6 is 11.3 Å². The van der Waals surface area contributed by atoms with Crippen LogP contribution in [-0.4, -0.2) is 49.5 Å². The van der Waals surface area contributed by atoms with Gasteiger partial charge in [-0.15, -0.1) is 11.3 Å². The van der Waals surface area contributed by atoms with Gasteiger partial charge in [0.05, 0.1) is 10.9 Å². The molecule has 1 aliphatic heterocycles. The first-order valence-corrected chi connectivity index (χ1v) is 9.37. The summed E-state index contributed by atoms with van der Waals surface area (Å²) in [7, 11) is 0. The largest absolute Gasteiger partial charge is 0.478 e. The minimum atomic E-state index is -1.19. The van der Waals surface area contributed by atoms with Crippen molar-refractivity contribution in [3.63, 3.8) is 0 Å². The van der Waals surface area contributed by atoms with E-state index in [1.807, 2.05) is 0 Å². The van der Waals surface area contributed by atoms with Crippen LogP contribution in [0.25, 0.3) is 21.6 Å². The zero-order valence-corrected chi connectivity index (χ0v) is 15.1. The Morgan fingerprint density at radius 1 is 1.26 bits per heavy atom. The molecule has 0 spiro atoms. The highest BCUT2D eigenvalue weighted by Crippen LogP contribution is 2.25. The predicted molar refractivity (Wildman–Crippen MR) is 99.9 cm³/mol. The lowest BCUT2D eigenvalue weighted by Crippen LogP contribution is -2.35. The monoisotopic (exact) mass is 384 g/mol. The number of carbonyl (C=O) groups excluding carboxylic acids is 1. The van der Waals surface area contributed by atoms with Gasteiger partial charge in [-0.2, -0.15) is 0 Å². The maximum atomic E-state index is 13.1. The minimum Gasteiger partial charge on any atom is -0.478 e. The van der Waals surface area contributed by atoms with Gasteiger partial charge in [0.25, 0.3) is 5.56 Å². The van der Waals surface area contributed by atoms with E-state index < -0.39 is 11.5 Å². The van der Waals surface area contributed by atoms with Crippen LogP contribution in [0.2, 0.25) is 0 Å². The van der Waals surface area contributed by atoms with E-state index in [2.05, 4.69) is 9.97 Å². The van der Waals surface area contributed by atoms with Crippen molar-refractivity contribution in [2.24, 2.45) is 0 Å². The van der Waals surface area contributed by atoms with Crippen LogP contribution < -0.4 is 5.56 Å². The first kappa shape index (κ1) is 17.3. The van der Waals surface area contributed by atoms with Crippen LogP contribution in [-0.2, 0) is 11.3 Å². The van der Waals surface area contributed by atoms with E-state index in [0.717, 1.165) is 24.2 Å². The summed E-state index contributed by atoms with van der Waals surface area (Å²) in [5, 5.41) is 10.8. The molecule has 0 bridgehead atoms. The third-order valence-electron chi connectivity index (χ3n) is 4.60. The van der Waals surface area contributed by atoms with Crippen molar-refractivity contribution in [3.05, 3.63) is 45.8 Å². The van der Waals surface area contributed by atoms with Crippen molar-refractivity contribution in [1.82, 2.24) is 19.4 Å². The first-order valence-electron chi connectivity index (χ1n) is 8.50. The maximum absolute atomic E-state index is 13.1. The van der Waals surface area contributed by atoms with Gasteiger partial charge in [-0.1, -0.05) is 0 Å². The highest BCUT2D eigenvalue weighted by molar-refractivity contribution is 7.17. The molecule has 0 atom stereocenters. The second-order valence-corrected chi connectivity index (χ2v) is 7.15. The molecule has 3 aromatic heterocycles. The van der Waals surface area contributed by atoms with Crippen molar-refractivity contribution >= 4 is 33.4 Å². The van der Waals surface area contributed by atoms with Crippen LogP contribution in [0.15, 0.2) is 34.7 Å². The van der Waals surface area contributed by atoms with Crippen molar-refractivity contribution in [2.45, 2.75) is 19.4 Å². The Labute approximate surface area is 157 Å². The fourth-order valence-corrected chi connectivity index (χ4v) is 4.15. The molecule has 1 N–H and O–H groups in total. The van der Waals surface area contributed by atoms with Gasteiger partial charge in [0.2, 0.25) is 5.91 Å². The van der Waals surface area contributed by atoms with E-state index in [-0.39, 0.29) is 23.4 Å². The van der Waals surface area contributed by atoms with Gasteiger partial charge in [0.1, 0.15) is 17.2 Å². The number of carboxylic acids is 1. The fourth-order valence-electron chi connectivity index (χ4n) is 3.25.